The molecule has 0 radical (unpaired) electrons. The molecule has 4 aliphatic rings. The number of aliphatic hydroxyl groups excluding tert-OH is 1. The van der Waals surface area contributed by atoms with Crippen molar-refractivity contribution in [2.24, 2.45) is 22.7 Å². The highest BCUT2D eigenvalue weighted by Gasteiger charge is 2.60. The Morgan fingerprint density at radius 1 is 1.40 bits per heavy atom. The van der Waals surface area contributed by atoms with E-state index in [1.807, 2.05) is 12.2 Å². The van der Waals surface area contributed by atoms with Crippen LogP contribution in [-0.4, -0.2) is 29.5 Å². The number of rotatable bonds is 1. The molecular weight excluding hydrogens is 319 g/mol. The van der Waals surface area contributed by atoms with Crippen LogP contribution in [0, 0.1) is 22.7 Å². The normalized spacial score (nSPS) is 48.0. The van der Waals surface area contributed by atoms with Gasteiger partial charge in [0, 0.05) is 17.8 Å². The number of aliphatic hydroxyl groups is 1. The summed E-state index contributed by atoms with van der Waals surface area (Å²) in [7, 11) is 0. The maximum absolute atomic E-state index is 14.8. The molecule has 3 nitrogen and oxygen atoms in total. The molecule has 0 aromatic heterocycles. The Hall–Kier alpha value is -1.42. The number of hydrogen-bond acceptors (Lipinski definition) is 3. The summed E-state index contributed by atoms with van der Waals surface area (Å²) >= 11 is 0. The molecule has 0 saturated heterocycles. The summed E-state index contributed by atoms with van der Waals surface area (Å²) in [4.78, 5) is 11.5. The average Bonchev–Trinajstić information content (AvgIpc) is 2.79. The van der Waals surface area contributed by atoms with Crippen LogP contribution in [0.1, 0.15) is 46.5 Å². The van der Waals surface area contributed by atoms with E-state index in [1.54, 1.807) is 0 Å². The van der Waals surface area contributed by atoms with E-state index in [4.69, 9.17) is 4.74 Å². The van der Waals surface area contributed by atoms with Gasteiger partial charge in [-0.2, -0.15) is 0 Å². The first-order valence-electron chi connectivity index (χ1n) is 9.36. The topological polar surface area (TPSA) is 46.5 Å². The van der Waals surface area contributed by atoms with Crippen LogP contribution < -0.4 is 0 Å². The number of esters is 1. The van der Waals surface area contributed by atoms with E-state index in [1.165, 1.54) is 18.1 Å². The van der Waals surface area contributed by atoms with Crippen molar-refractivity contribution < 1.29 is 19.0 Å². The minimum absolute atomic E-state index is 0.158. The monoisotopic (exact) mass is 346 g/mol. The molecule has 2 fully saturated rings. The number of fused-ring (bicyclic) bond motifs is 5. The van der Waals surface area contributed by atoms with E-state index in [0.29, 0.717) is 12.3 Å². The third-order valence-corrected chi connectivity index (χ3v) is 7.23. The van der Waals surface area contributed by atoms with E-state index in [2.05, 4.69) is 26.0 Å². The zero-order valence-electron chi connectivity index (χ0n) is 15.2. The van der Waals surface area contributed by atoms with Crippen LogP contribution in [0.2, 0.25) is 0 Å². The van der Waals surface area contributed by atoms with Crippen molar-refractivity contribution in [3.8, 4) is 0 Å². The lowest BCUT2D eigenvalue weighted by Gasteiger charge is -2.52. The first-order valence-corrected chi connectivity index (χ1v) is 9.36. The molecule has 4 heteroatoms. The quantitative estimate of drug-likeness (QED) is 0.579. The molecule has 4 aliphatic carbocycles. The Morgan fingerprint density at radius 3 is 2.88 bits per heavy atom. The number of allylic oxidation sites excluding steroid dienone is 4. The van der Waals surface area contributed by atoms with Gasteiger partial charge in [0.1, 0.15) is 12.3 Å². The molecule has 4 rings (SSSR count). The van der Waals surface area contributed by atoms with Crippen LogP contribution in [0.3, 0.4) is 0 Å². The molecule has 136 valence electrons. The Balaban J connectivity index is 1.71. The lowest BCUT2D eigenvalue weighted by atomic mass is 9.53. The second kappa shape index (κ2) is 5.54. The fourth-order valence-electron chi connectivity index (χ4n) is 5.96. The molecule has 0 amide bonds. The van der Waals surface area contributed by atoms with Crippen molar-refractivity contribution in [1.82, 2.24) is 0 Å². The van der Waals surface area contributed by atoms with Gasteiger partial charge in [-0.3, -0.25) is 4.79 Å². The molecular formula is C21H27FO3. The molecule has 1 N–H and O–H groups in total. The Morgan fingerprint density at radius 2 is 2.16 bits per heavy atom. The fourth-order valence-corrected chi connectivity index (χ4v) is 5.96. The predicted octanol–water partition coefficient (Wildman–Crippen LogP) is 3.89. The van der Waals surface area contributed by atoms with Gasteiger partial charge >= 0.3 is 5.97 Å². The number of ether oxygens (including phenoxy) is 1. The van der Waals surface area contributed by atoms with Crippen LogP contribution in [0.15, 0.2) is 35.5 Å². The van der Waals surface area contributed by atoms with Gasteiger partial charge in [-0.1, -0.05) is 42.4 Å². The van der Waals surface area contributed by atoms with Crippen LogP contribution in [0.25, 0.3) is 0 Å². The minimum atomic E-state index is -1.08. The third kappa shape index (κ3) is 2.37. The summed E-state index contributed by atoms with van der Waals surface area (Å²) in [6, 6.07) is 0. The van der Waals surface area contributed by atoms with Crippen molar-refractivity contribution in [1.29, 1.82) is 0 Å². The summed E-state index contributed by atoms with van der Waals surface area (Å²) in [5, 5.41) is 9.92. The summed E-state index contributed by atoms with van der Waals surface area (Å²) in [5.74, 6) is 0.124. The molecule has 0 heterocycles. The number of alkyl halides is 1. The molecule has 25 heavy (non-hydrogen) atoms. The summed E-state index contributed by atoms with van der Waals surface area (Å²) in [6.45, 7) is 5.67. The molecule has 0 spiro atoms. The second-order valence-corrected chi connectivity index (χ2v) is 8.65. The van der Waals surface area contributed by atoms with Gasteiger partial charge in [0.15, 0.2) is 0 Å². The first-order chi connectivity index (χ1) is 11.8. The van der Waals surface area contributed by atoms with Crippen LogP contribution in [0.5, 0.6) is 0 Å². The van der Waals surface area contributed by atoms with Crippen molar-refractivity contribution in [3.05, 3.63) is 35.5 Å². The largest absolute Gasteiger partial charge is 0.459 e. The van der Waals surface area contributed by atoms with E-state index < -0.39 is 24.3 Å². The van der Waals surface area contributed by atoms with Gasteiger partial charge in [-0.15, -0.1) is 0 Å². The van der Waals surface area contributed by atoms with E-state index in [-0.39, 0.29) is 16.7 Å². The molecule has 0 aromatic carbocycles. The Labute approximate surface area is 148 Å². The lowest BCUT2D eigenvalue weighted by molar-refractivity contribution is -0.156. The van der Waals surface area contributed by atoms with Gasteiger partial charge in [0.05, 0.1) is 6.10 Å². The standard InChI is InChI=1S/C21H27FO3/c1-12(23)25-19-18(22)11-17-15-5-4-13-10-14(24)6-8-20(13,2)16(15)7-9-21(17,19)3/h6-8,10,14-15,17-19,24H,4-5,9,11H2,1-3H3/t14-,15+,17-,18?,19-,20-,21-/m0/s1. The third-order valence-electron chi connectivity index (χ3n) is 7.23. The fraction of sp³-hybridized carbons (Fsp3) is 0.667. The van der Waals surface area contributed by atoms with Gasteiger partial charge in [0.25, 0.3) is 0 Å². The first kappa shape index (κ1) is 17.0. The van der Waals surface area contributed by atoms with Crippen LogP contribution in [-0.2, 0) is 9.53 Å². The molecule has 0 aliphatic heterocycles. The lowest BCUT2D eigenvalue weighted by Crippen LogP contribution is -2.46. The highest BCUT2D eigenvalue weighted by molar-refractivity contribution is 5.66. The predicted molar refractivity (Wildman–Crippen MR) is 93.4 cm³/mol. The Bertz CT molecular complexity index is 693. The minimum Gasteiger partial charge on any atom is -0.459 e. The van der Waals surface area contributed by atoms with E-state index >= 15 is 0 Å². The van der Waals surface area contributed by atoms with Crippen LogP contribution >= 0.6 is 0 Å². The van der Waals surface area contributed by atoms with Crippen molar-refractivity contribution in [2.75, 3.05) is 0 Å². The maximum Gasteiger partial charge on any atom is 0.303 e. The van der Waals surface area contributed by atoms with Gasteiger partial charge < -0.3 is 9.84 Å². The SMILES string of the molecule is CC(=O)O[C@H]1C(F)C[C@H]2[C@@H]3CCC4=C[C@@H](O)C=C[C@]4(C)C3=CC[C@]12C. The number of carbonyl (C=O) groups is 1. The number of carbonyl (C=O) groups excluding carboxylic acids is 1. The second-order valence-electron chi connectivity index (χ2n) is 8.65. The maximum atomic E-state index is 14.8. The average molecular weight is 346 g/mol. The molecule has 7 atom stereocenters. The smallest absolute Gasteiger partial charge is 0.303 e. The number of hydrogen-bond donors (Lipinski definition) is 1. The molecule has 1 unspecified atom stereocenters. The van der Waals surface area contributed by atoms with E-state index in [0.717, 1.165) is 19.3 Å². The summed E-state index contributed by atoms with van der Waals surface area (Å²) in [5.41, 5.74) is 2.16. The Kier molecular flexibility index (Phi) is 3.77. The van der Waals surface area contributed by atoms with Crippen molar-refractivity contribution in [2.45, 2.75) is 64.8 Å². The van der Waals surface area contributed by atoms with Crippen molar-refractivity contribution in [3.63, 3.8) is 0 Å². The van der Waals surface area contributed by atoms with Crippen LogP contribution in [0.4, 0.5) is 4.39 Å². The highest BCUT2D eigenvalue weighted by atomic mass is 19.1. The zero-order valence-corrected chi connectivity index (χ0v) is 15.2. The highest BCUT2D eigenvalue weighted by Crippen LogP contribution is 2.63. The molecule has 0 aromatic rings. The zero-order chi connectivity index (χ0) is 18.0. The van der Waals surface area contributed by atoms with Crippen molar-refractivity contribution >= 4 is 5.97 Å². The molecule has 0 bridgehead atoms. The van der Waals surface area contributed by atoms with Gasteiger partial charge in [-0.25, -0.2) is 4.39 Å². The summed E-state index contributed by atoms with van der Waals surface area (Å²) < 4.78 is 20.2. The van der Waals surface area contributed by atoms with Gasteiger partial charge in [0.2, 0.25) is 0 Å². The summed E-state index contributed by atoms with van der Waals surface area (Å²) in [6.07, 6.45) is 9.12. The van der Waals surface area contributed by atoms with E-state index in [9.17, 15) is 14.3 Å². The molecule has 2 saturated carbocycles. The van der Waals surface area contributed by atoms with Gasteiger partial charge in [-0.05, 0) is 44.4 Å². The number of halogens is 1.